The molecule has 0 spiro atoms. The molecule has 0 radical (unpaired) electrons. The van der Waals surface area contributed by atoms with Crippen LogP contribution in [0.2, 0.25) is 0 Å². The number of carbonyl (C=O) groups is 1. The first kappa shape index (κ1) is 15.4. The Bertz CT molecular complexity index is 942. The summed E-state index contributed by atoms with van der Waals surface area (Å²) in [5, 5.41) is 3.93. The molecule has 0 fully saturated rings. The van der Waals surface area contributed by atoms with E-state index < -0.39 is 0 Å². The number of rotatable bonds is 2. The normalized spacial score (nSPS) is 13.4. The van der Waals surface area contributed by atoms with Gasteiger partial charge >= 0.3 is 6.03 Å². The fourth-order valence-corrected chi connectivity index (χ4v) is 3.04. The lowest BCUT2D eigenvalue weighted by Gasteiger charge is -2.28. The zero-order chi connectivity index (χ0) is 17.2. The van der Waals surface area contributed by atoms with Gasteiger partial charge in [-0.05, 0) is 35.9 Å². The highest BCUT2D eigenvalue weighted by molar-refractivity contribution is 5.89. The van der Waals surface area contributed by atoms with Crippen molar-refractivity contribution in [1.29, 1.82) is 0 Å². The number of amides is 2. The molecule has 0 bridgehead atoms. The van der Waals surface area contributed by atoms with Gasteiger partial charge in [0, 0.05) is 48.5 Å². The van der Waals surface area contributed by atoms with Crippen LogP contribution in [-0.2, 0) is 13.0 Å². The standard InChI is InChI=1S/C19H18N4O2/c1-25-16-6-2-5-15(11-16)21-19(24)23-9-7-17-14(12-23)10-13-4-3-8-20-18(13)22-17/h2-6,8,10-11H,7,9,12H2,1H3,(H,21,24). The summed E-state index contributed by atoms with van der Waals surface area (Å²) >= 11 is 0. The lowest BCUT2D eigenvalue weighted by Crippen LogP contribution is -2.39. The zero-order valence-corrected chi connectivity index (χ0v) is 13.9. The molecule has 0 saturated heterocycles. The fourth-order valence-electron chi connectivity index (χ4n) is 3.04. The minimum Gasteiger partial charge on any atom is -0.497 e. The second-order valence-corrected chi connectivity index (χ2v) is 5.98. The van der Waals surface area contributed by atoms with Crippen LogP contribution in [0.5, 0.6) is 5.75 Å². The summed E-state index contributed by atoms with van der Waals surface area (Å²) in [5.74, 6) is 0.713. The Morgan fingerprint density at radius 3 is 3.04 bits per heavy atom. The van der Waals surface area contributed by atoms with Crippen molar-refractivity contribution in [3.8, 4) is 5.75 Å². The van der Waals surface area contributed by atoms with Gasteiger partial charge in [0.1, 0.15) is 5.75 Å². The molecule has 6 heteroatoms. The number of aromatic nitrogens is 2. The molecule has 3 aromatic rings. The molecule has 126 valence electrons. The first-order valence-electron chi connectivity index (χ1n) is 8.16. The quantitative estimate of drug-likeness (QED) is 0.781. The maximum Gasteiger partial charge on any atom is 0.322 e. The van der Waals surface area contributed by atoms with Gasteiger partial charge in [-0.25, -0.2) is 14.8 Å². The molecule has 0 unspecified atom stereocenters. The molecule has 4 rings (SSSR count). The molecule has 1 aliphatic rings. The molecular formula is C19H18N4O2. The molecule has 0 aliphatic carbocycles. The average molecular weight is 334 g/mol. The lowest BCUT2D eigenvalue weighted by atomic mass is 10.0. The SMILES string of the molecule is COc1cccc(NC(=O)N2CCc3nc4ncccc4cc3C2)c1. The lowest BCUT2D eigenvalue weighted by molar-refractivity contribution is 0.206. The maximum atomic E-state index is 12.6. The summed E-state index contributed by atoms with van der Waals surface area (Å²) < 4.78 is 5.19. The second kappa shape index (κ2) is 6.39. The van der Waals surface area contributed by atoms with E-state index in [0.29, 0.717) is 18.8 Å². The van der Waals surface area contributed by atoms with E-state index in [1.807, 2.05) is 30.3 Å². The molecule has 1 N–H and O–H groups in total. The number of carbonyl (C=O) groups excluding carboxylic acids is 1. The van der Waals surface area contributed by atoms with Gasteiger partial charge in [0.15, 0.2) is 5.65 Å². The third kappa shape index (κ3) is 3.10. The molecule has 3 heterocycles. The third-order valence-corrected chi connectivity index (χ3v) is 4.35. The van der Waals surface area contributed by atoms with Crippen LogP contribution < -0.4 is 10.1 Å². The number of hydrogen-bond donors (Lipinski definition) is 1. The van der Waals surface area contributed by atoms with Crippen LogP contribution in [0.1, 0.15) is 11.3 Å². The van der Waals surface area contributed by atoms with Gasteiger partial charge in [0.2, 0.25) is 0 Å². The minimum absolute atomic E-state index is 0.120. The van der Waals surface area contributed by atoms with Gasteiger partial charge in [-0.15, -0.1) is 0 Å². The molecule has 1 aromatic carbocycles. The van der Waals surface area contributed by atoms with Crippen LogP contribution >= 0.6 is 0 Å². The Morgan fingerprint density at radius 1 is 1.24 bits per heavy atom. The molecule has 6 nitrogen and oxygen atoms in total. The Morgan fingerprint density at radius 2 is 2.16 bits per heavy atom. The van der Waals surface area contributed by atoms with E-state index in [1.165, 1.54) is 0 Å². The van der Waals surface area contributed by atoms with E-state index in [1.54, 1.807) is 24.3 Å². The summed E-state index contributed by atoms with van der Waals surface area (Å²) in [6, 6.07) is 13.2. The van der Waals surface area contributed by atoms with Gasteiger partial charge in [0.05, 0.1) is 7.11 Å². The molecule has 2 amide bonds. The molecular weight excluding hydrogens is 316 g/mol. The average Bonchev–Trinajstić information content (AvgIpc) is 2.66. The predicted molar refractivity (Wildman–Crippen MR) is 95.7 cm³/mol. The van der Waals surface area contributed by atoms with E-state index in [4.69, 9.17) is 4.74 Å². The second-order valence-electron chi connectivity index (χ2n) is 5.98. The van der Waals surface area contributed by atoms with Gasteiger partial charge in [-0.2, -0.15) is 0 Å². The van der Waals surface area contributed by atoms with Gasteiger partial charge in [-0.3, -0.25) is 0 Å². The Balaban J connectivity index is 1.53. The Labute approximate surface area is 145 Å². The first-order valence-corrected chi connectivity index (χ1v) is 8.16. The molecule has 0 saturated carbocycles. The van der Waals surface area contributed by atoms with E-state index in [9.17, 15) is 4.79 Å². The van der Waals surface area contributed by atoms with Crippen LogP contribution in [0.15, 0.2) is 48.7 Å². The topological polar surface area (TPSA) is 67.3 Å². The number of ether oxygens (including phenoxy) is 1. The zero-order valence-electron chi connectivity index (χ0n) is 13.9. The Kier molecular flexibility index (Phi) is 3.93. The van der Waals surface area contributed by atoms with E-state index in [-0.39, 0.29) is 6.03 Å². The van der Waals surface area contributed by atoms with Crippen molar-refractivity contribution in [3.63, 3.8) is 0 Å². The summed E-state index contributed by atoms with van der Waals surface area (Å²) in [6.07, 6.45) is 2.48. The number of anilines is 1. The van der Waals surface area contributed by atoms with Crippen LogP contribution in [0.25, 0.3) is 11.0 Å². The summed E-state index contributed by atoms with van der Waals surface area (Å²) in [5.41, 5.74) is 3.58. The largest absolute Gasteiger partial charge is 0.497 e. The van der Waals surface area contributed by atoms with Crippen molar-refractivity contribution in [2.75, 3.05) is 19.0 Å². The third-order valence-electron chi connectivity index (χ3n) is 4.35. The number of nitrogens with zero attached hydrogens (tertiary/aromatic N) is 3. The smallest absolute Gasteiger partial charge is 0.322 e. The molecule has 2 aromatic heterocycles. The van der Waals surface area contributed by atoms with Crippen molar-refractivity contribution in [2.45, 2.75) is 13.0 Å². The van der Waals surface area contributed by atoms with Crippen LogP contribution in [0.3, 0.4) is 0 Å². The molecule has 1 aliphatic heterocycles. The van der Waals surface area contributed by atoms with Crippen molar-refractivity contribution < 1.29 is 9.53 Å². The number of nitrogens with one attached hydrogen (secondary N) is 1. The highest BCUT2D eigenvalue weighted by Gasteiger charge is 2.22. The number of pyridine rings is 2. The molecule has 25 heavy (non-hydrogen) atoms. The fraction of sp³-hybridized carbons (Fsp3) is 0.211. The summed E-state index contributed by atoms with van der Waals surface area (Å²) in [7, 11) is 1.61. The van der Waals surface area contributed by atoms with Crippen molar-refractivity contribution in [2.24, 2.45) is 0 Å². The van der Waals surface area contributed by atoms with Crippen molar-refractivity contribution in [1.82, 2.24) is 14.9 Å². The Hall–Kier alpha value is -3.15. The minimum atomic E-state index is -0.120. The van der Waals surface area contributed by atoms with Gasteiger partial charge in [-0.1, -0.05) is 6.07 Å². The highest BCUT2D eigenvalue weighted by Crippen LogP contribution is 2.23. The summed E-state index contributed by atoms with van der Waals surface area (Å²) in [4.78, 5) is 23.3. The maximum absolute atomic E-state index is 12.6. The number of fused-ring (bicyclic) bond motifs is 2. The van der Waals surface area contributed by atoms with Gasteiger partial charge < -0.3 is 15.0 Å². The van der Waals surface area contributed by atoms with E-state index >= 15 is 0 Å². The number of methoxy groups -OCH3 is 1. The number of benzene rings is 1. The van der Waals surface area contributed by atoms with E-state index in [2.05, 4.69) is 21.4 Å². The predicted octanol–water partition coefficient (Wildman–Crippen LogP) is 3.23. The number of urea groups is 1. The van der Waals surface area contributed by atoms with Crippen LogP contribution in [0, 0.1) is 0 Å². The molecule has 0 atom stereocenters. The first-order chi connectivity index (χ1) is 12.2. The number of hydrogen-bond acceptors (Lipinski definition) is 4. The highest BCUT2D eigenvalue weighted by atomic mass is 16.5. The van der Waals surface area contributed by atoms with Crippen molar-refractivity contribution in [3.05, 3.63) is 59.9 Å². The van der Waals surface area contributed by atoms with E-state index in [0.717, 1.165) is 34.4 Å². The van der Waals surface area contributed by atoms with Gasteiger partial charge in [0.25, 0.3) is 0 Å². The van der Waals surface area contributed by atoms with Crippen LogP contribution in [-0.4, -0.2) is 34.6 Å². The van der Waals surface area contributed by atoms with Crippen LogP contribution in [0.4, 0.5) is 10.5 Å². The monoisotopic (exact) mass is 334 g/mol. The summed E-state index contributed by atoms with van der Waals surface area (Å²) in [6.45, 7) is 1.18. The van der Waals surface area contributed by atoms with Crippen molar-refractivity contribution >= 4 is 22.8 Å².